The van der Waals surface area contributed by atoms with E-state index in [0.29, 0.717) is 5.56 Å². The lowest BCUT2D eigenvalue weighted by molar-refractivity contribution is -0.384. The number of carbonyl (C=O) groups is 3. The molecule has 172 valence electrons. The minimum absolute atomic E-state index is 0.0908. The summed E-state index contributed by atoms with van der Waals surface area (Å²) in [5.74, 6) is -3.62. The van der Waals surface area contributed by atoms with Gasteiger partial charge < -0.3 is 10.1 Å². The fourth-order valence-electron chi connectivity index (χ4n) is 2.72. The Bertz CT molecular complexity index is 1290. The van der Waals surface area contributed by atoms with Gasteiger partial charge in [0, 0.05) is 17.7 Å². The molecule has 2 N–H and O–H groups in total. The van der Waals surface area contributed by atoms with Gasteiger partial charge in [0.25, 0.3) is 5.69 Å². The van der Waals surface area contributed by atoms with Crippen molar-refractivity contribution < 1.29 is 28.4 Å². The summed E-state index contributed by atoms with van der Waals surface area (Å²) in [6.45, 7) is 1.51. The van der Waals surface area contributed by atoms with Gasteiger partial charge in [-0.05, 0) is 43.3 Å². The van der Waals surface area contributed by atoms with Crippen molar-refractivity contribution in [1.82, 2.24) is 5.43 Å². The van der Waals surface area contributed by atoms with Gasteiger partial charge in [-0.2, -0.15) is 5.10 Å². The van der Waals surface area contributed by atoms with Gasteiger partial charge in [0.1, 0.15) is 11.6 Å². The zero-order valence-electron chi connectivity index (χ0n) is 17.7. The quantitative estimate of drug-likeness (QED) is 0.143. The maximum atomic E-state index is 13.6. The van der Waals surface area contributed by atoms with Gasteiger partial charge in [0.15, 0.2) is 0 Å². The molecule has 3 aromatic rings. The van der Waals surface area contributed by atoms with Crippen molar-refractivity contribution in [3.63, 3.8) is 0 Å². The van der Waals surface area contributed by atoms with Gasteiger partial charge in [-0.15, -0.1) is 0 Å². The number of anilines is 1. The molecule has 0 heterocycles. The van der Waals surface area contributed by atoms with Crippen molar-refractivity contribution in [3.05, 3.63) is 99.9 Å². The number of nitro benzene ring substituents is 1. The number of rotatable bonds is 6. The van der Waals surface area contributed by atoms with Crippen LogP contribution in [0.15, 0.2) is 77.9 Å². The average Bonchev–Trinajstić information content (AvgIpc) is 2.84. The topological polar surface area (TPSA) is 140 Å². The number of benzene rings is 3. The number of hydrogen-bond donors (Lipinski definition) is 2. The summed E-state index contributed by atoms with van der Waals surface area (Å²) in [5.41, 5.74) is 2.37. The lowest BCUT2D eigenvalue weighted by atomic mass is 10.1. The average molecular weight is 464 g/mol. The van der Waals surface area contributed by atoms with E-state index in [1.807, 2.05) is 0 Å². The van der Waals surface area contributed by atoms with Crippen molar-refractivity contribution in [2.45, 2.75) is 6.92 Å². The first-order chi connectivity index (χ1) is 16.3. The zero-order valence-corrected chi connectivity index (χ0v) is 17.7. The molecule has 0 bridgehead atoms. The predicted octanol–water partition coefficient (Wildman–Crippen LogP) is 3.43. The van der Waals surface area contributed by atoms with Gasteiger partial charge in [-0.1, -0.05) is 24.3 Å². The van der Waals surface area contributed by atoms with Crippen LogP contribution in [0.3, 0.4) is 0 Å². The SMILES string of the molecule is C/C(=N\NC(=O)C(=O)Nc1ccccc1F)c1ccccc1OC(=O)c1ccc([N+](=O)[O-])cc1. The van der Waals surface area contributed by atoms with E-state index in [4.69, 9.17) is 4.74 Å². The van der Waals surface area contributed by atoms with Crippen LogP contribution in [-0.2, 0) is 9.59 Å². The molecule has 0 saturated carbocycles. The number of amides is 2. The van der Waals surface area contributed by atoms with E-state index in [-0.39, 0.29) is 28.4 Å². The Hall–Kier alpha value is -4.93. The number of halogens is 1. The number of hydrogen-bond acceptors (Lipinski definition) is 7. The van der Waals surface area contributed by atoms with Crippen LogP contribution in [0.2, 0.25) is 0 Å². The molecule has 0 aliphatic carbocycles. The van der Waals surface area contributed by atoms with E-state index in [9.17, 15) is 28.9 Å². The third-order valence-electron chi connectivity index (χ3n) is 4.45. The number of nitrogens with zero attached hydrogens (tertiary/aromatic N) is 2. The van der Waals surface area contributed by atoms with Crippen LogP contribution in [-0.4, -0.2) is 28.4 Å². The fourth-order valence-corrected chi connectivity index (χ4v) is 2.72. The molecule has 0 spiro atoms. The number of hydrazone groups is 1. The zero-order chi connectivity index (χ0) is 24.7. The molecule has 0 radical (unpaired) electrons. The molecule has 3 rings (SSSR count). The lowest BCUT2D eigenvalue weighted by Gasteiger charge is -2.10. The molecule has 0 aliphatic heterocycles. The van der Waals surface area contributed by atoms with Crippen molar-refractivity contribution >= 4 is 34.9 Å². The summed E-state index contributed by atoms with van der Waals surface area (Å²) in [7, 11) is 0. The molecule has 0 fully saturated rings. The van der Waals surface area contributed by atoms with Crippen molar-refractivity contribution in [3.8, 4) is 5.75 Å². The fraction of sp³-hybridized carbons (Fsp3) is 0.0435. The molecule has 0 aliphatic rings. The molecule has 2 amide bonds. The Labute approximate surface area is 192 Å². The van der Waals surface area contributed by atoms with Crippen LogP contribution in [0.25, 0.3) is 0 Å². The highest BCUT2D eigenvalue weighted by Gasteiger charge is 2.17. The highest BCUT2D eigenvalue weighted by molar-refractivity contribution is 6.39. The summed E-state index contributed by atoms with van der Waals surface area (Å²) in [6, 6.07) is 16.5. The Balaban J connectivity index is 1.69. The Kier molecular flexibility index (Phi) is 7.39. The highest BCUT2D eigenvalue weighted by Crippen LogP contribution is 2.21. The first-order valence-corrected chi connectivity index (χ1v) is 9.72. The van der Waals surface area contributed by atoms with E-state index in [1.165, 1.54) is 55.5 Å². The largest absolute Gasteiger partial charge is 0.422 e. The Morgan fingerprint density at radius 3 is 2.26 bits per heavy atom. The van der Waals surface area contributed by atoms with Crippen molar-refractivity contribution in [2.24, 2.45) is 5.10 Å². The maximum absolute atomic E-state index is 13.6. The van der Waals surface area contributed by atoms with E-state index in [2.05, 4.69) is 15.8 Å². The van der Waals surface area contributed by atoms with E-state index >= 15 is 0 Å². The number of nitrogens with one attached hydrogen (secondary N) is 2. The first-order valence-electron chi connectivity index (χ1n) is 9.72. The molecule has 0 atom stereocenters. The smallest absolute Gasteiger partial charge is 0.343 e. The van der Waals surface area contributed by atoms with Crippen LogP contribution < -0.4 is 15.5 Å². The number of ether oxygens (including phenoxy) is 1. The van der Waals surface area contributed by atoms with E-state index in [1.54, 1.807) is 18.2 Å². The third kappa shape index (κ3) is 5.85. The lowest BCUT2D eigenvalue weighted by Crippen LogP contribution is -2.33. The summed E-state index contributed by atoms with van der Waals surface area (Å²) in [4.78, 5) is 46.6. The molecule has 0 aromatic heterocycles. The number of non-ortho nitro benzene ring substituents is 1. The molecular weight excluding hydrogens is 447 g/mol. The molecule has 3 aromatic carbocycles. The maximum Gasteiger partial charge on any atom is 0.343 e. The van der Waals surface area contributed by atoms with Crippen LogP contribution in [0.4, 0.5) is 15.8 Å². The predicted molar refractivity (Wildman–Crippen MR) is 120 cm³/mol. The molecular formula is C23H17FN4O6. The number of para-hydroxylation sites is 2. The highest BCUT2D eigenvalue weighted by atomic mass is 19.1. The van der Waals surface area contributed by atoms with E-state index in [0.717, 1.165) is 6.07 Å². The minimum Gasteiger partial charge on any atom is -0.422 e. The van der Waals surface area contributed by atoms with Gasteiger partial charge in [-0.25, -0.2) is 14.6 Å². The molecule has 10 nitrogen and oxygen atoms in total. The van der Waals surface area contributed by atoms with Gasteiger partial charge in [-0.3, -0.25) is 19.7 Å². The van der Waals surface area contributed by atoms with Crippen LogP contribution >= 0.6 is 0 Å². The normalized spacial score (nSPS) is 10.8. The van der Waals surface area contributed by atoms with Crippen LogP contribution in [0.5, 0.6) is 5.75 Å². The summed E-state index contributed by atoms with van der Waals surface area (Å²) in [5, 5.41) is 16.7. The molecule has 34 heavy (non-hydrogen) atoms. The summed E-state index contributed by atoms with van der Waals surface area (Å²) in [6.07, 6.45) is 0. The molecule has 0 unspecified atom stereocenters. The standard InChI is InChI=1S/C23H17FN4O6/c1-14(26-27-22(30)21(29)25-19-8-4-3-7-18(19)24)17-6-2-5-9-20(17)34-23(31)15-10-12-16(13-11-15)28(32)33/h2-13H,1H3,(H,25,29)(H,27,30)/b26-14+. The monoisotopic (exact) mass is 464 g/mol. The van der Waals surface area contributed by atoms with E-state index < -0.39 is 28.5 Å². The van der Waals surface area contributed by atoms with Crippen molar-refractivity contribution in [2.75, 3.05) is 5.32 Å². The summed E-state index contributed by atoms with van der Waals surface area (Å²) >= 11 is 0. The van der Waals surface area contributed by atoms with Gasteiger partial charge in [0.05, 0.1) is 21.9 Å². The van der Waals surface area contributed by atoms with Gasteiger partial charge >= 0.3 is 17.8 Å². The van der Waals surface area contributed by atoms with Crippen LogP contribution in [0.1, 0.15) is 22.8 Å². The van der Waals surface area contributed by atoms with Gasteiger partial charge in [0.2, 0.25) is 0 Å². The first kappa shape index (κ1) is 23.7. The Morgan fingerprint density at radius 1 is 0.941 bits per heavy atom. The minimum atomic E-state index is -1.14. The second kappa shape index (κ2) is 10.6. The second-order valence-electron chi connectivity index (χ2n) is 6.76. The Morgan fingerprint density at radius 2 is 1.59 bits per heavy atom. The van der Waals surface area contributed by atoms with Crippen molar-refractivity contribution in [1.29, 1.82) is 0 Å². The van der Waals surface area contributed by atoms with Crippen LogP contribution in [0, 0.1) is 15.9 Å². The summed E-state index contributed by atoms with van der Waals surface area (Å²) < 4.78 is 19.0. The number of esters is 1. The molecule has 0 saturated heterocycles. The number of nitro groups is 1. The molecule has 11 heteroatoms. The number of carbonyl (C=O) groups excluding carboxylic acids is 3. The third-order valence-corrected chi connectivity index (χ3v) is 4.45. The second-order valence-corrected chi connectivity index (χ2v) is 6.76.